The van der Waals surface area contributed by atoms with Crippen LogP contribution in [0, 0.1) is 0 Å². The van der Waals surface area contributed by atoms with E-state index in [0.717, 1.165) is 23.5 Å². The Hall–Kier alpha value is -1.35. The monoisotopic (exact) mass is 190 g/mol. The fourth-order valence-corrected chi connectivity index (χ4v) is 1.55. The fourth-order valence-electron chi connectivity index (χ4n) is 1.55. The number of nitrogens with one attached hydrogen (secondary N) is 1. The van der Waals surface area contributed by atoms with Crippen molar-refractivity contribution in [2.24, 2.45) is 4.99 Å². The SMILES string of the molecule is CNC1=CC(C2=CCC(O)C=C2)=NC1. The molecular weight excluding hydrogens is 176 g/mol. The molecule has 0 saturated carbocycles. The van der Waals surface area contributed by atoms with Crippen molar-refractivity contribution in [1.29, 1.82) is 0 Å². The third-order valence-corrected chi connectivity index (χ3v) is 2.42. The van der Waals surface area contributed by atoms with E-state index in [-0.39, 0.29) is 6.10 Å². The van der Waals surface area contributed by atoms with Crippen LogP contribution in [0.2, 0.25) is 0 Å². The first-order valence-electron chi connectivity index (χ1n) is 4.79. The third kappa shape index (κ3) is 1.77. The fraction of sp³-hybridized carbons (Fsp3) is 0.364. The molecule has 0 saturated heterocycles. The van der Waals surface area contributed by atoms with E-state index < -0.39 is 0 Å². The standard InChI is InChI=1S/C11H14N2O/c1-12-9-6-11(13-7-9)8-2-4-10(14)5-3-8/h2-4,6,10,12,14H,5,7H2,1H3. The molecule has 1 heterocycles. The highest BCUT2D eigenvalue weighted by atomic mass is 16.3. The van der Waals surface area contributed by atoms with Crippen LogP contribution >= 0.6 is 0 Å². The molecule has 1 atom stereocenters. The smallest absolute Gasteiger partial charge is 0.0794 e. The molecule has 0 spiro atoms. The maximum Gasteiger partial charge on any atom is 0.0794 e. The lowest BCUT2D eigenvalue weighted by molar-refractivity contribution is 0.225. The summed E-state index contributed by atoms with van der Waals surface area (Å²) in [6.45, 7) is 0.736. The first-order chi connectivity index (χ1) is 6.79. The Morgan fingerprint density at radius 3 is 3.00 bits per heavy atom. The molecule has 1 unspecified atom stereocenters. The van der Waals surface area contributed by atoms with Gasteiger partial charge in [-0.1, -0.05) is 18.2 Å². The molecule has 0 amide bonds. The Kier molecular flexibility index (Phi) is 2.50. The van der Waals surface area contributed by atoms with Gasteiger partial charge in [0.25, 0.3) is 0 Å². The molecule has 3 nitrogen and oxygen atoms in total. The minimum atomic E-state index is -0.325. The lowest BCUT2D eigenvalue weighted by Crippen LogP contribution is -2.08. The number of rotatable bonds is 2. The Balaban J connectivity index is 2.11. The normalized spacial score (nSPS) is 25.6. The first-order valence-corrected chi connectivity index (χ1v) is 4.79. The molecule has 0 bridgehead atoms. The molecule has 74 valence electrons. The molecule has 0 fully saturated rings. The van der Waals surface area contributed by atoms with E-state index in [4.69, 9.17) is 0 Å². The second kappa shape index (κ2) is 3.80. The largest absolute Gasteiger partial charge is 0.390 e. The van der Waals surface area contributed by atoms with Crippen molar-refractivity contribution in [2.75, 3.05) is 13.6 Å². The van der Waals surface area contributed by atoms with Crippen molar-refractivity contribution < 1.29 is 5.11 Å². The van der Waals surface area contributed by atoms with Crippen LogP contribution in [0.4, 0.5) is 0 Å². The number of aliphatic hydroxyl groups is 1. The van der Waals surface area contributed by atoms with Crippen LogP contribution in [0.5, 0.6) is 0 Å². The summed E-state index contributed by atoms with van der Waals surface area (Å²) in [6.07, 6.45) is 8.18. The summed E-state index contributed by atoms with van der Waals surface area (Å²) in [6, 6.07) is 0. The van der Waals surface area contributed by atoms with Gasteiger partial charge >= 0.3 is 0 Å². The van der Waals surface area contributed by atoms with Crippen molar-refractivity contribution in [3.8, 4) is 0 Å². The van der Waals surface area contributed by atoms with Crippen LogP contribution in [-0.2, 0) is 0 Å². The highest BCUT2D eigenvalue weighted by Crippen LogP contribution is 2.16. The molecule has 0 aromatic heterocycles. The minimum absolute atomic E-state index is 0.325. The summed E-state index contributed by atoms with van der Waals surface area (Å²) in [7, 11) is 1.90. The summed E-state index contributed by atoms with van der Waals surface area (Å²) < 4.78 is 0. The van der Waals surface area contributed by atoms with Crippen molar-refractivity contribution in [3.63, 3.8) is 0 Å². The highest BCUT2D eigenvalue weighted by molar-refractivity contribution is 6.12. The molecule has 1 aliphatic carbocycles. The average Bonchev–Trinajstić information content (AvgIpc) is 2.67. The van der Waals surface area contributed by atoms with Gasteiger partial charge in [0.2, 0.25) is 0 Å². The van der Waals surface area contributed by atoms with Gasteiger partial charge in [-0.25, -0.2) is 0 Å². The molecule has 0 aromatic carbocycles. The maximum atomic E-state index is 9.27. The van der Waals surface area contributed by atoms with Gasteiger partial charge in [0.15, 0.2) is 0 Å². The van der Waals surface area contributed by atoms with Crippen LogP contribution < -0.4 is 5.32 Å². The topological polar surface area (TPSA) is 44.6 Å². The van der Waals surface area contributed by atoms with Crippen LogP contribution in [0.3, 0.4) is 0 Å². The summed E-state index contributed by atoms with van der Waals surface area (Å²) in [5, 5.41) is 12.4. The summed E-state index contributed by atoms with van der Waals surface area (Å²) in [5.74, 6) is 0. The highest BCUT2D eigenvalue weighted by Gasteiger charge is 2.12. The molecular formula is C11H14N2O. The number of hydrogen-bond acceptors (Lipinski definition) is 3. The van der Waals surface area contributed by atoms with E-state index in [2.05, 4.69) is 10.3 Å². The van der Waals surface area contributed by atoms with E-state index in [0.29, 0.717) is 6.42 Å². The van der Waals surface area contributed by atoms with Crippen LogP contribution in [0.15, 0.2) is 40.6 Å². The van der Waals surface area contributed by atoms with Gasteiger partial charge in [0.1, 0.15) is 0 Å². The number of likely N-dealkylation sites (N-methyl/N-ethyl adjacent to an activating group) is 1. The molecule has 14 heavy (non-hydrogen) atoms. The number of hydrogen-bond donors (Lipinski definition) is 2. The third-order valence-electron chi connectivity index (χ3n) is 2.42. The van der Waals surface area contributed by atoms with E-state index in [1.165, 1.54) is 0 Å². The van der Waals surface area contributed by atoms with Crippen LogP contribution in [0.25, 0.3) is 0 Å². The molecule has 2 N–H and O–H groups in total. The number of aliphatic hydroxyl groups excluding tert-OH is 1. The molecule has 0 aromatic rings. The second-order valence-corrected chi connectivity index (χ2v) is 3.44. The lowest BCUT2D eigenvalue weighted by atomic mass is 10.0. The van der Waals surface area contributed by atoms with Gasteiger partial charge in [0.05, 0.1) is 18.4 Å². The summed E-state index contributed by atoms with van der Waals surface area (Å²) in [5.41, 5.74) is 3.26. The van der Waals surface area contributed by atoms with E-state index >= 15 is 0 Å². The second-order valence-electron chi connectivity index (χ2n) is 3.44. The van der Waals surface area contributed by atoms with Crippen molar-refractivity contribution in [1.82, 2.24) is 5.32 Å². The molecule has 1 aliphatic heterocycles. The Morgan fingerprint density at radius 1 is 1.57 bits per heavy atom. The first kappa shape index (κ1) is 9.21. The van der Waals surface area contributed by atoms with E-state index in [1.807, 2.05) is 31.4 Å². The van der Waals surface area contributed by atoms with Crippen molar-refractivity contribution in [2.45, 2.75) is 12.5 Å². The van der Waals surface area contributed by atoms with E-state index in [1.54, 1.807) is 0 Å². The number of nitrogens with zero attached hydrogens (tertiary/aromatic N) is 1. The van der Waals surface area contributed by atoms with Gasteiger partial charge in [0, 0.05) is 12.7 Å². The van der Waals surface area contributed by atoms with Crippen molar-refractivity contribution in [3.05, 3.63) is 35.6 Å². The van der Waals surface area contributed by atoms with Gasteiger partial charge < -0.3 is 10.4 Å². The number of aliphatic imine (C=N–C) groups is 1. The molecule has 3 heteroatoms. The lowest BCUT2D eigenvalue weighted by Gasteiger charge is -2.09. The van der Waals surface area contributed by atoms with Crippen molar-refractivity contribution >= 4 is 5.71 Å². The Labute approximate surface area is 83.5 Å². The van der Waals surface area contributed by atoms with Gasteiger partial charge in [-0.05, 0) is 18.1 Å². The predicted molar refractivity (Wildman–Crippen MR) is 57.3 cm³/mol. The average molecular weight is 190 g/mol. The molecule has 2 aliphatic rings. The minimum Gasteiger partial charge on any atom is -0.390 e. The quantitative estimate of drug-likeness (QED) is 0.676. The summed E-state index contributed by atoms with van der Waals surface area (Å²) >= 11 is 0. The van der Waals surface area contributed by atoms with Crippen LogP contribution in [-0.4, -0.2) is 30.5 Å². The zero-order valence-corrected chi connectivity index (χ0v) is 8.20. The predicted octanol–water partition coefficient (Wildman–Crippen LogP) is 0.792. The zero-order chi connectivity index (χ0) is 9.97. The Morgan fingerprint density at radius 2 is 2.43 bits per heavy atom. The van der Waals surface area contributed by atoms with E-state index in [9.17, 15) is 5.11 Å². The molecule has 0 radical (unpaired) electrons. The van der Waals surface area contributed by atoms with Gasteiger partial charge in [-0.3, -0.25) is 4.99 Å². The van der Waals surface area contributed by atoms with Gasteiger partial charge in [-0.2, -0.15) is 0 Å². The zero-order valence-electron chi connectivity index (χ0n) is 8.20. The number of allylic oxidation sites excluding steroid dienone is 3. The summed E-state index contributed by atoms with van der Waals surface area (Å²) in [4.78, 5) is 4.40. The van der Waals surface area contributed by atoms with Crippen LogP contribution in [0.1, 0.15) is 6.42 Å². The Bertz CT molecular complexity index is 350. The maximum absolute atomic E-state index is 9.27. The molecule has 2 rings (SSSR count). The van der Waals surface area contributed by atoms with Gasteiger partial charge in [-0.15, -0.1) is 0 Å².